The van der Waals surface area contributed by atoms with Crippen LogP contribution in [0.5, 0.6) is 0 Å². The summed E-state index contributed by atoms with van der Waals surface area (Å²) >= 11 is 1.45. The van der Waals surface area contributed by atoms with E-state index in [1.54, 1.807) is 23.1 Å². The molecule has 0 aliphatic heterocycles. The molecule has 0 saturated carbocycles. The number of para-hydroxylation sites is 2. The van der Waals surface area contributed by atoms with Crippen LogP contribution in [-0.2, 0) is 0 Å². The van der Waals surface area contributed by atoms with Gasteiger partial charge in [-0.3, -0.25) is 10.1 Å². The summed E-state index contributed by atoms with van der Waals surface area (Å²) < 4.78 is 8.11. The Balaban J connectivity index is 1.54. The summed E-state index contributed by atoms with van der Waals surface area (Å²) in [5, 5.41) is 8.06. The first-order chi connectivity index (χ1) is 14.2. The molecule has 3 heterocycles. The third kappa shape index (κ3) is 3.21. The molecule has 5 aromatic rings. The van der Waals surface area contributed by atoms with Gasteiger partial charge in [0.25, 0.3) is 5.91 Å². The van der Waals surface area contributed by atoms with Crippen molar-refractivity contribution in [1.82, 2.24) is 14.8 Å². The Morgan fingerprint density at radius 2 is 1.93 bits per heavy atom. The number of hydrogen-bond acceptors (Lipinski definition) is 5. The van der Waals surface area contributed by atoms with Crippen molar-refractivity contribution < 1.29 is 9.21 Å². The van der Waals surface area contributed by atoms with Crippen LogP contribution in [0.3, 0.4) is 0 Å². The van der Waals surface area contributed by atoms with Gasteiger partial charge in [0.15, 0.2) is 10.9 Å². The smallest absolute Gasteiger partial charge is 0.276 e. The van der Waals surface area contributed by atoms with E-state index in [0.717, 1.165) is 21.5 Å². The summed E-state index contributed by atoms with van der Waals surface area (Å²) in [4.78, 5) is 17.7. The lowest BCUT2D eigenvalue weighted by molar-refractivity contribution is 0.101. The highest BCUT2D eigenvalue weighted by Gasteiger charge is 2.20. The zero-order valence-corrected chi connectivity index (χ0v) is 16.3. The second kappa shape index (κ2) is 7.03. The van der Waals surface area contributed by atoms with Gasteiger partial charge in [0.2, 0.25) is 0 Å². The van der Waals surface area contributed by atoms with E-state index in [4.69, 9.17) is 4.42 Å². The molecule has 0 unspecified atom stereocenters. The summed E-state index contributed by atoms with van der Waals surface area (Å²) in [7, 11) is 0. The molecule has 3 aromatic heterocycles. The monoisotopic (exact) mass is 400 g/mol. The minimum Gasteiger partial charge on any atom is -0.463 e. The van der Waals surface area contributed by atoms with E-state index in [0.29, 0.717) is 22.3 Å². The van der Waals surface area contributed by atoms with Gasteiger partial charge in [-0.1, -0.05) is 41.7 Å². The maximum Gasteiger partial charge on any atom is 0.276 e. The molecule has 0 aliphatic carbocycles. The summed E-state index contributed by atoms with van der Waals surface area (Å²) in [6.07, 6.45) is 1.58. The average Bonchev–Trinajstić information content (AvgIpc) is 3.47. The number of anilines is 1. The van der Waals surface area contributed by atoms with Crippen molar-refractivity contribution in [2.75, 3.05) is 5.32 Å². The highest BCUT2D eigenvalue weighted by molar-refractivity contribution is 7.22. The zero-order valence-electron chi connectivity index (χ0n) is 15.5. The summed E-state index contributed by atoms with van der Waals surface area (Å²) in [6.45, 7) is 2.01. The maximum atomic E-state index is 13.1. The highest BCUT2D eigenvalue weighted by Crippen LogP contribution is 2.29. The van der Waals surface area contributed by atoms with Crippen LogP contribution in [0, 0.1) is 6.92 Å². The van der Waals surface area contributed by atoms with E-state index in [2.05, 4.69) is 15.4 Å². The molecule has 7 heteroatoms. The minimum absolute atomic E-state index is 0.282. The number of aromatic nitrogens is 3. The number of thiazole rings is 1. The standard InChI is InChI=1S/C22H16N4O2S/c1-14-7-5-11-19-20(14)23-22(29-19)24-21(27)17-13-16(18-10-6-12-28-18)25-26(17)15-8-3-2-4-9-15/h2-13H,1H3,(H,23,24,27). The van der Waals surface area contributed by atoms with Crippen molar-refractivity contribution in [1.29, 1.82) is 0 Å². The van der Waals surface area contributed by atoms with Gasteiger partial charge in [-0.25, -0.2) is 9.67 Å². The molecule has 1 amide bonds. The number of nitrogens with one attached hydrogen (secondary N) is 1. The molecule has 5 rings (SSSR count). The number of carbonyl (C=O) groups is 1. The lowest BCUT2D eigenvalue weighted by atomic mass is 10.2. The van der Waals surface area contributed by atoms with Crippen LogP contribution in [-0.4, -0.2) is 20.7 Å². The lowest BCUT2D eigenvalue weighted by Gasteiger charge is -2.06. The maximum absolute atomic E-state index is 13.1. The molecule has 29 heavy (non-hydrogen) atoms. The lowest BCUT2D eigenvalue weighted by Crippen LogP contribution is -2.16. The Morgan fingerprint density at radius 3 is 2.69 bits per heavy atom. The van der Waals surface area contributed by atoms with Gasteiger partial charge >= 0.3 is 0 Å². The minimum atomic E-state index is -0.282. The van der Waals surface area contributed by atoms with Crippen LogP contribution < -0.4 is 5.32 Å². The van der Waals surface area contributed by atoms with Gasteiger partial charge in [0.1, 0.15) is 11.4 Å². The fourth-order valence-corrected chi connectivity index (χ4v) is 4.09. The van der Waals surface area contributed by atoms with Crippen LogP contribution in [0.2, 0.25) is 0 Å². The molecule has 6 nitrogen and oxygen atoms in total. The number of hydrogen-bond donors (Lipinski definition) is 1. The number of rotatable bonds is 4. The Kier molecular flexibility index (Phi) is 4.22. The van der Waals surface area contributed by atoms with Crippen LogP contribution in [0.25, 0.3) is 27.4 Å². The molecule has 142 valence electrons. The molecular weight excluding hydrogens is 384 g/mol. The number of fused-ring (bicyclic) bond motifs is 1. The normalized spacial score (nSPS) is 11.1. The van der Waals surface area contributed by atoms with Crippen LogP contribution in [0.15, 0.2) is 77.4 Å². The van der Waals surface area contributed by atoms with E-state index in [9.17, 15) is 4.79 Å². The molecule has 0 spiro atoms. The van der Waals surface area contributed by atoms with E-state index < -0.39 is 0 Å². The predicted octanol–water partition coefficient (Wildman–Crippen LogP) is 5.30. The first-order valence-corrected chi connectivity index (χ1v) is 9.87. The molecular formula is C22H16N4O2S. The second-order valence-electron chi connectivity index (χ2n) is 6.53. The Morgan fingerprint density at radius 1 is 1.07 bits per heavy atom. The summed E-state index contributed by atoms with van der Waals surface area (Å²) in [5.41, 5.74) is 3.76. The zero-order chi connectivity index (χ0) is 19.8. The number of amides is 1. The van der Waals surface area contributed by atoms with Crippen molar-refractivity contribution in [3.8, 4) is 17.1 Å². The van der Waals surface area contributed by atoms with Gasteiger partial charge in [-0.15, -0.1) is 0 Å². The summed E-state index contributed by atoms with van der Waals surface area (Å²) in [5.74, 6) is 0.320. The summed E-state index contributed by atoms with van der Waals surface area (Å²) in [6, 6.07) is 20.9. The van der Waals surface area contributed by atoms with Crippen LogP contribution in [0.1, 0.15) is 16.1 Å². The first-order valence-electron chi connectivity index (χ1n) is 9.06. The van der Waals surface area contributed by atoms with E-state index in [1.807, 2.05) is 61.5 Å². The van der Waals surface area contributed by atoms with Crippen molar-refractivity contribution in [2.24, 2.45) is 0 Å². The number of benzene rings is 2. The van der Waals surface area contributed by atoms with Crippen LogP contribution in [0.4, 0.5) is 5.13 Å². The van der Waals surface area contributed by atoms with E-state index in [1.165, 1.54) is 11.3 Å². The Hall–Kier alpha value is -3.71. The van der Waals surface area contributed by atoms with Crippen molar-refractivity contribution in [3.63, 3.8) is 0 Å². The van der Waals surface area contributed by atoms with Crippen molar-refractivity contribution >= 4 is 32.6 Å². The molecule has 0 bridgehead atoms. The Bertz CT molecular complexity index is 1300. The van der Waals surface area contributed by atoms with E-state index in [-0.39, 0.29) is 5.91 Å². The second-order valence-corrected chi connectivity index (χ2v) is 7.56. The first kappa shape index (κ1) is 17.4. The van der Waals surface area contributed by atoms with Gasteiger partial charge in [0.05, 0.1) is 22.2 Å². The molecule has 0 fully saturated rings. The molecule has 0 radical (unpaired) electrons. The van der Waals surface area contributed by atoms with Crippen molar-refractivity contribution in [3.05, 3.63) is 84.3 Å². The molecule has 0 atom stereocenters. The number of nitrogens with zero attached hydrogens (tertiary/aromatic N) is 3. The third-order valence-corrected chi connectivity index (χ3v) is 5.49. The topological polar surface area (TPSA) is 73.0 Å². The molecule has 0 aliphatic rings. The molecule has 0 saturated heterocycles. The van der Waals surface area contributed by atoms with E-state index >= 15 is 0 Å². The van der Waals surface area contributed by atoms with Gasteiger partial charge in [-0.05, 0) is 42.8 Å². The largest absolute Gasteiger partial charge is 0.463 e. The van der Waals surface area contributed by atoms with Gasteiger partial charge in [0, 0.05) is 6.07 Å². The van der Waals surface area contributed by atoms with Crippen molar-refractivity contribution in [2.45, 2.75) is 6.92 Å². The fraction of sp³-hybridized carbons (Fsp3) is 0.0455. The molecule has 1 N–H and O–H groups in total. The highest BCUT2D eigenvalue weighted by atomic mass is 32.1. The average molecular weight is 400 g/mol. The number of furan rings is 1. The SMILES string of the molecule is Cc1cccc2sc(NC(=O)c3cc(-c4ccco4)nn3-c3ccccc3)nc12. The van der Waals surface area contributed by atoms with Gasteiger partial charge in [-0.2, -0.15) is 5.10 Å². The number of carbonyl (C=O) groups excluding carboxylic acids is 1. The van der Waals surface area contributed by atoms with Gasteiger partial charge < -0.3 is 4.42 Å². The molecule has 2 aromatic carbocycles. The number of aryl methyl sites for hydroxylation is 1. The van der Waals surface area contributed by atoms with Crippen LogP contribution >= 0.6 is 11.3 Å². The quantitative estimate of drug-likeness (QED) is 0.444. The third-order valence-electron chi connectivity index (χ3n) is 4.56. The fourth-order valence-electron chi connectivity index (χ4n) is 3.15. The predicted molar refractivity (Wildman–Crippen MR) is 114 cm³/mol. The Labute approximate surface area is 170 Å².